The Kier molecular flexibility index (Phi) is 6.84. The van der Waals surface area contributed by atoms with Gasteiger partial charge in [-0.2, -0.15) is 0 Å². The Labute approximate surface area is 216 Å². The number of halogens is 1. The minimum Gasteiger partial charge on any atom is -0.292 e. The van der Waals surface area contributed by atoms with Gasteiger partial charge in [0.1, 0.15) is 5.69 Å². The van der Waals surface area contributed by atoms with E-state index in [0.717, 1.165) is 50.9 Å². The maximum absolute atomic E-state index is 13.5. The van der Waals surface area contributed by atoms with Gasteiger partial charge in [0, 0.05) is 27.2 Å². The first kappa shape index (κ1) is 23.2. The van der Waals surface area contributed by atoms with Crippen LogP contribution in [0.25, 0.3) is 28.3 Å². The summed E-state index contributed by atoms with van der Waals surface area (Å²) in [5.41, 5.74) is 5.63. The van der Waals surface area contributed by atoms with E-state index in [9.17, 15) is 4.79 Å². The van der Waals surface area contributed by atoms with Gasteiger partial charge in [-0.3, -0.25) is 14.1 Å². The number of unbranched alkanes of at least 4 members (excludes halogenated alkanes) is 1. The monoisotopic (exact) mass is 577 g/mol. The zero-order valence-corrected chi connectivity index (χ0v) is 21.4. The summed E-state index contributed by atoms with van der Waals surface area (Å²) in [4.78, 5) is 17.9. The lowest BCUT2D eigenvalue weighted by Gasteiger charge is -2.10. The number of aromatic amines is 1. The van der Waals surface area contributed by atoms with Crippen LogP contribution in [0.15, 0.2) is 77.9 Å². The molecule has 5 rings (SSSR count). The number of aromatic nitrogens is 7. The number of hydrogen-bond acceptors (Lipinski definition) is 5. The molecule has 2 aromatic carbocycles. The van der Waals surface area contributed by atoms with Gasteiger partial charge in [-0.1, -0.05) is 55.8 Å². The van der Waals surface area contributed by atoms with E-state index in [1.165, 1.54) is 0 Å². The molecule has 35 heavy (non-hydrogen) atoms. The maximum Gasteiger partial charge on any atom is 0.333 e. The molecule has 5 aromatic rings. The second kappa shape index (κ2) is 10.3. The fraction of sp³-hybridized carbons (Fsp3) is 0.192. The molecule has 3 aromatic heterocycles. The van der Waals surface area contributed by atoms with E-state index in [-0.39, 0.29) is 5.69 Å². The number of benzene rings is 2. The Bertz CT molecular complexity index is 1490. The number of aryl methyl sites for hydroxylation is 1. The predicted molar refractivity (Wildman–Crippen MR) is 143 cm³/mol. The van der Waals surface area contributed by atoms with Gasteiger partial charge >= 0.3 is 5.69 Å². The molecular formula is C26H24IN7O. The smallest absolute Gasteiger partial charge is 0.292 e. The van der Waals surface area contributed by atoms with E-state index < -0.39 is 0 Å². The zero-order chi connectivity index (χ0) is 24.2. The Morgan fingerprint density at radius 3 is 2.60 bits per heavy atom. The molecule has 0 saturated heterocycles. The number of imidazole rings is 1. The van der Waals surface area contributed by atoms with Crippen molar-refractivity contribution in [2.24, 2.45) is 0 Å². The summed E-state index contributed by atoms with van der Waals surface area (Å²) >= 11 is 2.28. The van der Waals surface area contributed by atoms with E-state index in [1.54, 1.807) is 10.8 Å². The standard InChI is InChI=1S/C26H24IN7O/c1-2-3-7-20-17-34(23-10-5-4-9-22(23)27)26(35)33(20)16-18-11-13-19(14-12-18)21-8-6-15-28-24(21)25-29-31-32-30-25/h4-6,8-15,17H,2-3,7,16H2,1H3,(H,29,30,31,32). The summed E-state index contributed by atoms with van der Waals surface area (Å²) in [5, 5.41) is 14.1. The van der Waals surface area contributed by atoms with Crippen LogP contribution in [0.5, 0.6) is 0 Å². The van der Waals surface area contributed by atoms with Gasteiger partial charge in [0.05, 0.1) is 12.2 Å². The highest BCUT2D eigenvalue weighted by atomic mass is 127. The highest BCUT2D eigenvalue weighted by molar-refractivity contribution is 14.1. The van der Waals surface area contributed by atoms with Crippen molar-refractivity contribution in [3.05, 3.63) is 98.4 Å². The van der Waals surface area contributed by atoms with Crippen molar-refractivity contribution in [2.75, 3.05) is 0 Å². The summed E-state index contributed by atoms with van der Waals surface area (Å²) in [6, 6.07) is 20.1. The lowest BCUT2D eigenvalue weighted by Crippen LogP contribution is -2.25. The summed E-state index contributed by atoms with van der Waals surface area (Å²) in [6.45, 7) is 2.68. The van der Waals surface area contributed by atoms with E-state index >= 15 is 0 Å². The normalized spacial score (nSPS) is 11.1. The van der Waals surface area contributed by atoms with E-state index in [0.29, 0.717) is 18.1 Å². The van der Waals surface area contributed by atoms with E-state index in [1.807, 2.05) is 59.3 Å². The zero-order valence-electron chi connectivity index (χ0n) is 19.2. The van der Waals surface area contributed by atoms with E-state index in [4.69, 9.17) is 0 Å². The largest absolute Gasteiger partial charge is 0.333 e. The fourth-order valence-corrected chi connectivity index (χ4v) is 4.78. The topological polar surface area (TPSA) is 94.3 Å². The molecule has 0 aliphatic carbocycles. The predicted octanol–water partition coefficient (Wildman–Crippen LogP) is 4.88. The lowest BCUT2D eigenvalue weighted by molar-refractivity contribution is 0.674. The van der Waals surface area contributed by atoms with Gasteiger partial charge in [0.2, 0.25) is 0 Å². The van der Waals surface area contributed by atoms with Gasteiger partial charge < -0.3 is 0 Å². The van der Waals surface area contributed by atoms with Crippen LogP contribution in [0.1, 0.15) is 31.0 Å². The summed E-state index contributed by atoms with van der Waals surface area (Å²) in [5.74, 6) is 0.522. The molecule has 0 radical (unpaired) electrons. The number of H-pyrrole nitrogens is 1. The van der Waals surface area contributed by atoms with Crippen molar-refractivity contribution in [1.82, 2.24) is 34.7 Å². The second-order valence-electron chi connectivity index (χ2n) is 8.26. The molecule has 3 heterocycles. The SMILES string of the molecule is CCCCc1cn(-c2ccccc2I)c(=O)n1Cc1ccc(-c2cccnc2-c2nnn[nH]2)cc1. The Balaban J connectivity index is 1.47. The minimum atomic E-state index is -0.0170. The van der Waals surface area contributed by atoms with Crippen LogP contribution in [0.4, 0.5) is 0 Å². The van der Waals surface area contributed by atoms with Crippen molar-refractivity contribution in [3.63, 3.8) is 0 Å². The highest BCUT2D eigenvalue weighted by Crippen LogP contribution is 2.28. The third-order valence-electron chi connectivity index (χ3n) is 5.94. The van der Waals surface area contributed by atoms with Gasteiger partial charge in [-0.05, 0) is 75.2 Å². The van der Waals surface area contributed by atoms with Crippen LogP contribution in [-0.4, -0.2) is 34.7 Å². The van der Waals surface area contributed by atoms with Crippen molar-refractivity contribution >= 4 is 22.6 Å². The summed E-state index contributed by atoms with van der Waals surface area (Å²) in [7, 11) is 0. The molecule has 0 aliphatic rings. The lowest BCUT2D eigenvalue weighted by atomic mass is 10.0. The van der Waals surface area contributed by atoms with Crippen LogP contribution in [-0.2, 0) is 13.0 Å². The van der Waals surface area contributed by atoms with Crippen molar-refractivity contribution in [1.29, 1.82) is 0 Å². The van der Waals surface area contributed by atoms with Crippen LogP contribution >= 0.6 is 22.6 Å². The number of rotatable bonds is 8. The van der Waals surface area contributed by atoms with Gasteiger partial charge in [0.15, 0.2) is 5.82 Å². The number of hydrogen-bond donors (Lipinski definition) is 1. The number of pyridine rings is 1. The van der Waals surface area contributed by atoms with Crippen molar-refractivity contribution in [2.45, 2.75) is 32.7 Å². The fourth-order valence-electron chi connectivity index (χ4n) is 4.13. The Morgan fingerprint density at radius 1 is 1.03 bits per heavy atom. The maximum atomic E-state index is 13.5. The molecule has 0 bridgehead atoms. The second-order valence-corrected chi connectivity index (χ2v) is 9.42. The number of nitrogens with one attached hydrogen (secondary N) is 1. The molecule has 0 saturated carbocycles. The molecule has 1 N–H and O–H groups in total. The van der Waals surface area contributed by atoms with Gasteiger partial charge in [-0.25, -0.2) is 9.89 Å². The molecule has 0 amide bonds. The molecule has 8 nitrogen and oxygen atoms in total. The molecule has 0 atom stereocenters. The Morgan fingerprint density at radius 2 is 1.86 bits per heavy atom. The van der Waals surface area contributed by atoms with Crippen molar-refractivity contribution in [3.8, 4) is 28.3 Å². The van der Waals surface area contributed by atoms with E-state index in [2.05, 4.69) is 67.3 Å². The van der Waals surface area contributed by atoms with Crippen molar-refractivity contribution < 1.29 is 0 Å². The first-order valence-corrected chi connectivity index (χ1v) is 12.6. The first-order valence-electron chi connectivity index (χ1n) is 11.5. The van der Waals surface area contributed by atoms with Crippen LogP contribution < -0.4 is 5.69 Å². The highest BCUT2D eigenvalue weighted by Gasteiger charge is 2.15. The van der Waals surface area contributed by atoms with Gasteiger partial charge in [0.25, 0.3) is 0 Å². The molecule has 0 fully saturated rings. The molecule has 0 aliphatic heterocycles. The molecule has 9 heteroatoms. The first-order chi connectivity index (χ1) is 17.2. The number of tetrazole rings is 1. The molecule has 176 valence electrons. The summed E-state index contributed by atoms with van der Waals surface area (Å²) in [6.07, 6.45) is 6.69. The van der Waals surface area contributed by atoms with Crippen LogP contribution in [0.2, 0.25) is 0 Å². The average molecular weight is 577 g/mol. The number of para-hydroxylation sites is 1. The molecular weight excluding hydrogens is 553 g/mol. The quantitative estimate of drug-likeness (QED) is 0.266. The summed E-state index contributed by atoms with van der Waals surface area (Å²) < 4.78 is 4.71. The third kappa shape index (κ3) is 4.81. The minimum absolute atomic E-state index is 0.0170. The number of nitrogens with zero attached hydrogens (tertiary/aromatic N) is 6. The Hall–Kier alpha value is -3.60. The van der Waals surface area contributed by atoms with Crippen LogP contribution in [0.3, 0.4) is 0 Å². The average Bonchev–Trinajstić information content (AvgIpc) is 3.53. The van der Waals surface area contributed by atoms with Crippen LogP contribution in [0, 0.1) is 3.57 Å². The molecule has 0 unspecified atom stereocenters. The van der Waals surface area contributed by atoms with Gasteiger partial charge in [-0.15, -0.1) is 5.10 Å². The molecule has 0 spiro atoms. The third-order valence-corrected chi connectivity index (χ3v) is 6.86.